The van der Waals surface area contributed by atoms with Gasteiger partial charge in [0.2, 0.25) is 0 Å². The number of aromatic carboxylic acids is 1. The first-order valence-electron chi connectivity index (χ1n) is 14.1. The molecular weight excluding hydrogens is 557 g/mol. The van der Waals surface area contributed by atoms with Crippen LogP contribution in [0.15, 0.2) is 42.6 Å². The lowest BCUT2D eigenvalue weighted by Gasteiger charge is -2.47. The summed E-state index contributed by atoms with van der Waals surface area (Å²) in [7, 11) is 0. The number of nitrogens with zero attached hydrogens (tertiary/aromatic N) is 5. The summed E-state index contributed by atoms with van der Waals surface area (Å²) in [5, 5.41) is 10.4. The van der Waals surface area contributed by atoms with E-state index in [1.807, 2.05) is 35.6 Å². The van der Waals surface area contributed by atoms with Gasteiger partial charge in [-0.25, -0.2) is 19.2 Å². The number of anilines is 1. The molecule has 1 atom stereocenters. The highest BCUT2D eigenvalue weighted by Gasteiger charge is 2.38. The van der Waals surface area contributed by atoms with E-state index >= 15 is 0 Å². The van der Waals surface area contributed by atoms with Crippen molar-refractivity contribution < 1.29 is 19.1 Å². The average molecular weight is 592 g/mol. The Morgan fingerprint density at radius 2 is 1.86 bits per heavy atom. The van der Waals surface area contributed by atoms with E-state index in [9.17, 15) is 19.1 Å². The molecule has 10 heteroatoms. The highest BCUT2D eigenvalue weighted by molar-refractivity contribution is 6.30. The number of aromatic nitrogens is 3. The number of hydrogen-bond acceptors (Lipinski definition) is 5. The highest BCUT2D eigenvalue weighted by atomic mass is 35.5. The molecule has 1 aromatic carbocycles. The van der Waals surface area contributed by atoms with Crippen LogP contribution < -0.4 is 4.90 Å². The Kier molecular flexibility index (Phi) is 7.74. The smallest absolute Gasteiger partial charge is 0.337 e. The number of benzene rings is 1. The molecule has 0 spiro atoms. The summed E-state index contributed by atoms with van der Waals surface area (Å²) in [5.41, 5.74) is 3.33. The van der Waals surface area contributed by atoms with Crippen LogP contribution >= 0.6 is 11.6 Å². The molecule has 1 fully saturated rings. The van der Waals surface area contributed by atoms with Crippen molar-refractivity contribution in [3.63, 3.8) is 0 Å². The standard InChI is InChI=1S/C32H35ClFN5O3/c1-7-19(3)38-16-23(21-8-10-24(33)25(34)15-21)22-9-11-26(36-29(22)38)30(40)39-13-12-37(17-32(39,5)6)27-14-18(2)28(31(41)42)20(4)35-27/h8-11,14-16,19H,7,12-13,17H2,1-6H3,(H,41,42)/t19-/m1/s1. The van der Waals surface area contributed by atoms with Crippen molar-refractivity contribution in [1.82, 2.24) is 19.4 Å². The monoisotopic (exact) mass is 591 g/mol. The Morgan fingerprint density at radius 3 is 2.48 bits per heavy atom. The summed E-state index contributed by atoms with van der Waals surface area (Å²) >= 11 is 5.93. The lowest BCUT2D eigenvalue weighted by atomic mass is 9.97. The topological polar surface area (TPSA) is 91.6 Å². The lowest BCUT2D eigenvalue weighted by Crippen LogP contribution is -2.61. The maximum absolute atomic E-state index is 14.3. The van der Waals surface area contributed by atoms with E-state index in [-0.39, 0.29) is 22.5 Å². The quantitative estimate of drug-likeness (QED) is 0.262. The van der Waals surface area contributed by atoms with E-state index in [0.717, 1.165) is 17.4 Å². The molecule has 3 aromatic heterocycles. The molecule has 0 radical (unpaired) electrons. The number of carbonyl (C=O) groups excluding carboxylic acids is 1. The summed E-state index contributed by atoms with van der Waals surface area (Å²) in [6.45, 7) is 13.2. The summed E-state index contributed by atoms with van der Waals surface area (Å²) in [6.07, 6.45) is 2.82. The third kappa shape index (κ3) is 5.22. The number of amides is 1. The largest absolute Gasteiger partial charge is 0.478 e. The number of hydrogen-bond donors (Lipinski definition) is 1. The van der Waals surface area contributed by atoms with Crippen LogP contribution in [-0.2, 0) is 0 Å². The first kappa shape index (κ1) is 29.5. The maximum atomic E-state index is 14.3. The predicted octanol–water partition coefficient (Wildman–Crippen LogP) is 6.92. The van der Waals surface area contributed by atoms with E-state index < -0.39 is 17.3 Å². The molecule has 1 N–H and O–H groups in total. The number of pyridine rings is 2. The molecule has 8 nitrogen and oxygen atoms in total. The number of fused-ring (bicyclic) bond motifs is 1. The summed E-state index contributed by atoms with van der Waals surface area (Å²) in [5.74, 6) is -0.944. The van der Waals surface area contributed by atoms with Crippen molar-refractivity contribution in [3.8, 4) is 11.1 Å². The summed E-state index contributed by atoms with van der Waals surface area (Å²) < 4.78 is 16.4. The van der Waals surface area contributed by atoms with Crippen LogP contribution in [0.25, 0.3) is 22.2 Å². The number of rotatable bonds is 6. The highest BCUT2D eigenvalue weighted by Crippen LogP contribution is 2.35. The van der Waals surface area contributed by atoms with Crippen molar-refractivity contribution in [2.75, 3.05) is 24.5 Å². The van der Waals surface area contributed by atoms with Crippen LogP contribution in [0.3, 0.4) is 0 Å². The van der Waals surface area contributed by atoms with Crippen LogP contribution in [0, 0.1) is 19.7 Å². The molecule has 42 heavy (non-hydrogen) atoms. The minimum atomic E-state index is -0.990. The summed E-state index contributed by atoms with van der Waals surface area (Å²) in [4.78, 5) is 38.9. The first-order valence-corrected chi connectivity index (χ1v) is 14.5. The Labute approximate surface area is 249 Å². The number of carboxylic acid groups (broad SMARTS) is 1. The summed E-state index contributed by atoms with van der Waals surface area (Å²) in [6, 6.07) is 10.3. The molecule has 220 valence electrons. The predicted molar refractivity (Wildman–Crippen MR) is 163 cm³/mol. The molecular formula is C32H35ClFN5O3. The molecule has 0 saturated carbocycles. The van der Waals surface area contributed by atoms with E-state index in [2.05, 4.69) is 23.7 Å². The van der Waals surface area contributed by atoms with Gasteiger partial charge in [-0.05, 0) is 82.5 Å². The second-order valence-electron chi connectivity index (χ2n) is 11.7. The minimum absolute atomic E-state index is 0.0662. The average Bonchev–Trinajstić information content (AvgIpc) is 3.31. The van der Waals surface area contributed by atoms with Crippen LogP contribution in [-0.4, -0.2) is 61.6 Å². The molecule has 4 aromatic rings. The Balaban J connectivity index is 1.46. The Hall–Kier alpha value is -3.98. The zero-order chi connectivity index (χ0) is 30.5. The molecule has 0 aliphatic carbocycles. The fraction of sp³-hybridized carbons (Fsp3) is 0.375. The van der Waals surface area contributed by atoms with Gasteiger partial charge >= 0.3 is 5.97 Å². The number of carbonyl (C=O) groups is 2. The Bertz CT molecular complexity index is 1690. The molecule has 1 amide bonds. The number of halogens is 2. The third-order valence-electron chi connectivity index (χ3n) is 8.26. The van der Waals surface area contributed by atoms with Gasteiger partial charge < -0.3 is 19.5 Å². The second kappa shape index (κ2) is 11.0. The molecule has 0 unspecified atom stereocenters. The van der Waals surface area contributed by atoms with Crippen molar-refractivity contribution in [1.29, 1.82) is 0 Å². The van der Waals surface area contributed by atoms with Gasteiger partial charge in [-0.1, -0.05) is 24.6 Å². The first-order chi connectivity index (χ1) is 19.8. The van der Waals surface area contributed by atoms with Crippen LogP contribution in [0.4, 0.5) is 10.2 Å². The molecule has 4 heterocycles. The van der Waals surface area contributed by atoms with Gasteiger partial charge in [-0.3, -0.25) is 4.79 Å². The normalized spacial score (nSPS) is 15.7. The SMILES string of the molecule is CC[C@@H](C)n1cc(-c2ccc(Cl)c(F)c2)c2ccc(C(=O)N3CCN(c4cc(C)c(C(=O)O)c(C)n4)CC3(C)C)nc21. The molecule has 1 saturated heterocycles. The van der Waals surface area contributed by atoms with Crippen molar-refractivity contribution in [2.45, 2.75) is 59.5 Å². The van der Waals surface area contributed by atoms with Crippen molar-refractivity contribution >= 4 is 40.3 Å². The van der Waals surface area contributed by atoms with Gasteiger partial charge in [0.05, 0.1) is 21.8 Å². The van der Waals surface area contributed by atoms with Gasteiger partial charge in [-0.15, -0.1) is 0 Å². The van der Waals surface area contributed by atoms with Crippen molar-refractivity contribution in [2.24, 2.45) is 0 Å². The minimum Gasteiger partial charge on any atom is -0.478 e. The number of carboxylic acids is 1. The van der Waals surface area contributed by atoms with E-state index in [1.54, 1.807) is 38.1 Å². The fourth-order valence-corrected chi connectivity index (χ4v) is 5.95. The Morgan fingerprint density at radius 1 is 1.12 bits per heavy atom. The molecule has 1 aliphatic heterocycles. The second-order valence-corrected chi connectivity index (χ2v) is 12.1. The van der Waals surface area contributed by atoms with E-state index in [4.69, 9.17) is 16.6 Å². The number of piperazine rings is 1. The van der Waals surface area contributed by atoms with Crippen LogP contribution in [0.5, 0.6) is 0 Å². The van der Waals surface area contributed by atoms with Crippen LogP contribution in [0.1, 0.15) is 72.3 Å². The number of aryl methyl sites for hydroxylation is 2. The zero-order valence-electron chi connectivity index (χ0n) is 24.7. The molecule has 0 bridgehead atoms. The van der Waals surface area contributed by atoms with Gasteiger partial charge in [0, 0.05) is 42.8 Å². The van der Waals surface area contributed by atoms with E-state index in [0.29, 0.717) is 53.6 Å². The fourth-order valence-electron chi connectivity index (χ4n) is 5.83. The van der Waals surface area contributed by atoms with Crippen LogP contribution in [0.2, 0.25) is 5.02 Å². The van der Waals surface area contributed by atoms with Gasteiger partial charge in [0.1, 0.15) is 23.0 Å². The zero-order valence-corrected chi connectivity index (χ0v) is 25.5. The van der Waals surface area contributed by atoms with Gasteiger partial charge in [-0.2, -0.15) is 0 Å². The maximum Gasteiger partial charge on any atom is 0.337 e. The van der Waals surface area contributed by atoms with Gasteiger partial charge in [0.15, 0.2) is 0 Å². The third-order valence-corrected chi connectivity index (χ3v) is 8.57. The van der Waals surface area contributed by atoms with Crippen molar-refractivity contribution in [3.05, 3.63) is 75.9 Å². The van der Waals surface area contributed by atoms with E-state index in [1.165, 1.54) is 6.07 Å². The lowest BCUT2D eigenvalue weighted by molar-refractivity contribution is 0.0507. The molecule has 5 rings (SSSR count). The molecule has 1 aliphatic rings. The van der Waals surface area contributed by atoms with Gasteiger partial charge in [0.25, 0.3) is 5.91 Å².